The van der Waals surface area contributed by atoms with E-state index >= 15 is 0 Å². The smallest absolute Gasteiger partial charge is 0.0872 e. The van der Waals surface area contributed by atoms with Gasteiger partial charge in [-0.25, -0.2) is 4.39 Å². The molecule has 0 N–H and O–H groups in total. The molecular weight excluding hydrogens is 219 g/mol. The Kier molecular flexibility index (Phi) is 6.67. The summed E-state index contributed by atoms with van der Waals surface area (Å²) >= 11 is 3.28. The fourth-order valence-corrected chi connectivity index (χ4v) is 0.911. The molecule has 2 heteroatoms. The molecule has 0 nitrogen and oxygen atoms in total. The van der Waals surface area contributed by atoms with E-state index in [4.69, 9.17) is 0 Å². The van der Waals surface area contributed by atoms with E-state index < -0.39 is 0 Å². The van der Waals surface area contributed by atoms with Gasteiger partial charge in [-0.05, 0) is 23.8 Å². The van der Waals surface area contributed by atoms with Gasteiger partial charge in [0.1, 0.15) is 0 Å². The lowest BCUT2D eigenvalue weighted by atomic mass is 10.2. The SMILES string of the molecule is CC.F/C=C/c1ccc(Br)cc1. The van der Waals surface area contributed by atoms with Crippen molar-refractivity contribution in [2.45, 2.75) is 13.8 Å². The standard InChI is InChI=1S/C8H6BrF.C2H6/c9-8-3-1-7(2-4-8)5-6-10;1-2/h1-6H;1-2H3/b6-5+;. The van der Waals surface area contributed by atoms with Crippen LogP contribution in [0, 0.1) is 0 Å². The maximum Gasteiger partial charge on any atom is 0.0872 e. The zero-order valence-electron chi connectivity index (χ0n) is 7.22. The molecule has 0 spiro atoms. The van der Waals surface area contributed by atoms with E-state index in [0.29, 0.717) is 6.33 Å². The van der Waals surface area contributed by atoms with Crippen LogP contribution in [0.2, 0.25) is 0 Å². The molecule has 0 aliphatic rings. The Bertz CT molecular complexity index is 226. The molecular formula is C10H12BrF. The molecule has 0 aromatic heterocycles. The van der Waals surface area contributed by atoms with Crippen LogP contribution in [0.5, 0.6) is 0 Å². The predicted molar refractivity (Wildman–Crippen MR) is 55.6 cm³/mol. The van der Waals surface area contributed by atoms with Gasteiger partial charge in [0.2, 0.25) is 0 Å². The van der Waals surface area contributed by atoms with Crippen LogP contribution in [0.15, 0.2) is 35.1 Å². The van der Waals surface area contributed by atoms with Crippen molar-refractivity contribution in [2.75, 3.05) is 0 Å². The largest absolute Gasteiger partial charge is 0.216 e. The molecule has 0 radical (unpaired) electrons. The van der Waals surface area contributed by atoms with Crippen molar-refractivity contribution in [1.29, 1.82) is 0 Å². The normalized spacial score (nSPS) is 9.33. The van der Waals surface area contributed by atoms with Crippen molar-refractivity contribution < 1.29 is 4.39 Å². The van der Waals surface area contributed by atoms with Crippen LogP contribution in [-0.4, -0.2) is 0 Å². The van der Waals surface area contributed by atoms with E-state index in [9.17, 15) is 4.39 Å². The molecule has 0 bridgehead atoms. The molecule has 12 heavy (non-hydrogen) atoms. The molecule has 1 rings (SSSR count). The van der Waals surface area contributed by atoms with E-state index in [2.05, 4.69) is 15.9 Å². The van der Waals surface area contributed by atoms with Crippen LogP contribution in [0.3, 0.4) is 0 Å². The van der Waals surface area contributed by atoms with Crippen molar-refractivity contribution in [2.24, 2.45) is 0 Å². The number of hydrogen-bond donors (Lipinski definition) is 0. The predicted octanol–water partition coefficient (Wildman–Crippen LogP) is 4.42. The Morgan fingerprint density at radius 1 is 1.17 bits per heavy atom. The third-order valence-corrected chi connectivity index (χ3v) is 1.65. The number of benzene rings is 1. The maximum absolute atomic E-state index is 11.6. The summed E-state index contributed by atoms with van der Waals surface area (Å²) in [6.45, 7) is 4.00. The van der Waals surface area contributed by atoms with Crippen molar-refractivity contribution in [3.05, 3.63) is 40.6 Å². The highest BCUT2D eigenvalue weighted by molar-refractivity contribution is 9.10. The lowest BCUT2D eigenvalue weighted by Gasteiger charge is -1.90. The average molecular weight is 231 g/mol. The summed E-state index contributed by atoms with van der Waals surface area (Å²) in [7, 11) is 0. The van der Waals surface area contributed by atoms with Gasteiger partial charge in [-0.2, -0.15) is 0 Å². The van der Waals surface area contributed by atoms with E-state index in [1.807, 2.05) is 38.1 Å². The molecule has 66 valence electrons. The van der Waals surface area contributed by atoms with E-state index in [-0.39, 0.29) is 0 Å². The zero-order chi connectivity index (χ0) is 9.40. The maximum atomic E-state index is 11.6. The highest BCUT2D eigenvalue weighted by Gasteiger charge is 1.85. The monoisotopic (exact) mass is 230 g/mol. The topological polar surface area (TPSA) is 0 Å². The first-order chi connectivity index (χ1) is 5.83. The Hall–Kier alpha value is -0.630. The van der Waals surface area contributed by atoms with Gasteiger partial charge in [-0.1, -0.05) is 41.9 Å². The Labute approximate surface area is 81.2 Å². The summed E-state index contributed by atoms with van der Waals surface area (Å²) in [5.74, 6) is 0. The summed E-state index contributed by atoms with van der Waals surface area (Å²) in [6, 6.07) is 7.41. The van der Waals surface area contributed by atoms with Crippen molar-refractivity contribution in [3.8, 4) is 0 Å². The summed E-state index contributed by atoms with van der Waals surface area (Å²) in [5.41, 5.74) is 0.866. The summed E-state index contributed by atoms with van der Waals surface area (Å²) in [5, 5.41) is 0. The van der Waals surface area contributed by atoms with Gasteiger partial charge in [0, 0.05) is 4.47 Å². The van der Waals surface area contributed by atoms with Crippen LogP contribution in [-0.2, 0) is 0 Å². The number of hydrogen-bond acceptors (Lipinski definition) is 0. The van der Waals surface area contributed by atoms with E-state index in [1.165, 1.54) is 6.08 Å². The van der Waals surface area contributed by atoms with Gasteiger partial charge in [0.25, 0.3) is 0 Å². The van der Waals surface area contributed by atoms with Crippen molar-refractivity contribution >= 4 is 22.0 Å². The first-order valence-corrected chi connectivity index (χ1v) is 4.64. The summed E-state index contributed by atoms with van der Waals surface area (Å²) in [6.07, 6.45) is 1.94. The van der Waals surface area contributed by atoms with Crippen molar-refractivity contribution in [3.63, 3.8) is 0 Å². The molecule has 0 amide bonds. The van der Waals surface area contributed by atoms with Crippen LogP contribution < -0.4 is 0 Å². The molecule has 0 unspecified atom stereocenters. The molecule has 1 aromatic rings. The quantitative estimate of drug-likeness (QED) is 0.671. The van der Waals surface area contributed by atoms with Gasteiger partial charge in [-0.3, -0.25) is 0 Å². The van der Waals surface area contributed by atoms with Gasteiger partial charge in [-0.15, -0.1) is 0 Å². The minimum absolute atomic E-state index is 0.531. The minimum atomic E-state index is 0.531. The fourth-order valence-electron chi connectivity index (χ4n) is 0.647. The van der Waals surface area contributed by atoms with Gasteiger partial charge < -0.3 is 0 Å². The molecule has 0 heterocycles. The Balaban J connectivity index is 0.000000561. The fraction of sp³-hybridized carbons (Fsp3) is 0.200. The lowest BCUT2D eigenvalue weighted by molar-refractivity contribution is 0.727. The summed E-state index contributed by atoms with van der Waals surface area (Å²) in [4.78, 5) is 0. The Morgan fingerprint density at radius 3 is 2.08 bits per heavy atom. The third kappa shape index (κ3) is 4.29. The van der Waals surface area contributed by atoms with Gasteiger partial charge >= 0.3 is 0 Å². The van der Waals surface area contributed by atoms with Gasteiger partial charge in [0.15, 0.2) is 0 Å². The van der Waals surface area contributed by atoms with Crippen LogP contribution in [0.1, 0.15) is 19.4 Å². The molecule has 0 saturated carbocycles. The van der Waals surface area contributed by atoms with E-state index in [1.54, 1.807) is 0 Å². The summed E-state index contributed by atoms with van der Waals surface area (Å²) < 4.78 is 12.6. The Morgan fingerprint density at radius 2 is 1.67 bits per heavy atom. The molecule has 1 aromatic carbocycles. The second-order valence-electron chi connectivity index (χ2n) is 1.84. The number of halogens is 2. The van der Waals surface area contributed by atoms with Crippen molar-refractivity contribution in [1.82, 2.24) is 0 Å². The van der Waals surface area contributed by atoms with Crippen LogP contribution >= 0.6 is 15.9 Å². The van der Waals surface area contributed by atoms with Crippen LogP contribution in [0.4, 0.5) is 4.39 Å². The van der Waals surface area contributed by atoms with Gasteiger partial charge in [0.05, 0.1) is 6.33 Å². The minimum Gasteiger partial charge on any atom is -0.216 e. The first kappa shape index (κ1) is 11.4. The molecule has 0 aliphatic heterocycles. The average Bonchev–Trinajstić information content (AvgIpc) is 2.13. The first-order valence-electron chi connectivity index (χ1n) is 3.85. The number of rotatable bonds is 1. The highest BCUT2D eigenvalue weighted by Crippen LogP contribution is 2.11. The highest BCUT2D eigenvalue weighted by atomic mass is 79.9. The second-order valence-corrected chi connectivity index (χ2v) is 2.76. The lowest BCUT2D eigenvalue weighted by Crippen LogP contribution is -1.68. The molecule has 0 saturated heterocycles. The zero-order valence-corrected chi connectivity index (χ0v) is 8.81. The second kappa shape index (κ2) is 7.04. The molecule has 0 aliphatic carbocycles. The third-order valence-electron chi connectivity index (χ3n) is 1.13. The molecule has 0 fully saturated rings. The van der Waals surface area contributed by atoms with E-state index in [0.717, 1.165) is 10.0 Å². The molecule has 0 atom stereocenters. The van der Waals surface area contributed by atoms with Crippen LogP contribution in [0.25, 0.3) is 6.08 Å².